The van der Waals surface area contributed by atoms with Gasteiger partial charge in [0, 0.05) is 23.2 Å². The summed E-state index contributed by atoms with van der Waals surface area (Å²) in [6, 6.07) is 12.4. The SMILES string of the molecule is Cc1cc(CC(=O)N2CCS[C@@H](C)[C@H]2c2ccccc2)n[nH]1. The van der Waals surface area contributed by atoms with E-state index < -0.39 is 0 Å². The van der Waals surface area contributed by atoms with Gasteiger partial charge in [-0.15, -0.1) is 0 Å². The fourth-order valence-electron chi connectivity index (χ4n) is 3.02. The Labute approximate surface area is 135 Å². The third kappa shape index (κ3) is 3.19. The molecule has 1 N–H and O–H groups in total. The minimum atomic E-state index is 0.146. The summed E-state index contributed by atoms with van der Waals surface area (Å²) in [6.45, 7) is 4.96. The second kappa shape index (κ2) is 6.57. The van der Waals surface area contributed by atoms with Gasteiger partial charge in [0.25, 0.3) is 0 Å². The molecule has 0 saturated carbocycles. The topological polar surface area (TPSA) is 49.0 Å². The van der Waals surface area contributed by atoms with E-state index in [1.807, 2.05) is 47.9 Å². The molecule has 1 aliphatic rings. The Hall–Kier alpha value is -1.75. The Balaban J connectivity index is 1.81. The fourth-order valence-corrected chi connectivity index (χ4v) is 4.18. The highest BCUT2D eigenvalue weighted by Gasteiger charge is 2.33. The molecular formula is C17H21N3OS. The van der Waals surface area contributed by atoms with Crippen molar-refractivity contribution in [2.45, 2.75) is 31.6 Å². The number of nitrogens with one attached hydrogen (secondary N) is 1. The number of aryl methyl sites for hydroxylation is 1. The average Bonchev–Trinajstić information content (AvgIpc) is 2.93. The number of carbonyl (C=O) groups excluding carboxylic acids is 1. The van der Waals surface area contributed by atoms with Gasteiger partial charge in [-0.05, 0) is 18.6 Å². The van der Waals surface area contributed by atoms with Gasteiger partial charge < -0.3 is 4.90 Å². The maximum atomic E-state index is 12.8. The second-order valence-electron chi connectivity index (χ2n) is 5.74. The molecule has 0 spiro atoms. The molecule has 2 aromatic rings. The third-order valence-corrected chi connectivity index (χ3v) is 5.25. The molecule has 1 saturated heterocycles. The normalized spacial score (nSPS) is 21.8. The molecule has 2 heterocycles. The molecule has 2 atom stereocenters. The fraction of sp³-hybridized carbons (Fsp3) is 0.412. The van der Waals surface area contributed by atoms with Gasteiger partial charge in [0.1, 0.15) is 0 Å². The summed E-state index contributed by atoms with van der Waals surface area (Å²) >= 11 is 1.94. The average molecular weight is 315 g/mol. The van der Waals surface area contributed by atoms with Gasteiger partial charge in [-0.2, -0.15) is 16.9 Å². The summed E-state index contributed by atoms with van der Waals surface area (Å²) in [4.78, 5) is 14.8. The summed E-state index contributed by atoms with van der Waals surface area (Å²) < 4.78 is 0. The summed E-state index contributed by atoms with van der Waals surface area (Å²) in [5, 5.41) is 7.50. The summed E-state index contributed by atoms with van der Waals surface area (Å²) in [7, 11) is 0. The number of thioether (sulfide) groups is 1. The van der Waals surface area contributed by atoms with Crippen molar-refractivity contribution in [3.63, 3.8) is 0 Å². The lowest BCUT2D eigenvalue weighted by Crippen LogP contribution is -2.44. The Bertz CT molecular complexity index is 640. The molecule has 116 valence electrons. The lowest BCUT2D eigenvalue weighted by molar-refractivity contribution is -0.133. The van der Waals surface area contributed by atoms with E-state index in [9.17, 15) is 4.79 Å². The maximum absolute atomic E-state index is 12.8. The van der Waals surface area contributed by atoms with Crippen molar-refractivity contribution in [1.29, 1.82) is 0 Å². The van der Waals surface area contributed by atoms with E-state index in [4.69, 9.17) is 0 Å². The molecule has 1 aromatic heterocycles. The highest BCUT2D eigenvalue weighted by Crippen LogP contribution is 2.36. The summed E-state index contributed by atoms with van der Waals surface area (Å²) in [5.74, 6) is 1.16. The number of carbonyl (C=O) groups is 1. The predicted octanol–water partition coefficient (Wildman–Crippen LogP) is 2.97. The first-order valence-electron chi connectivity index (χ1n) is 7.62. The van der Waals surface area contributed by atoms with E-state index in [2.05, 4.69) is 29.3 Å². The molecule has 0 radical (unpaired) electrons. The van der Waals surface area contributed by atoms with Crippen LogP contribution in [0.2, 0.25) is 0 Å². The summed E-state index contributed by atoms with van der Waals surface area (Å²) in [5.41, 5.74) is 3.03. The van der Waals surface area contributed by atoms with Crippen molar-refractivity contribution in [2.75, 3.05) is 12.3 Å². The van der Waals surface area contributed by atoms with Crippen molar-refractivity contribution in [3.8, 4) is 0 Å². The number of H-pyrrole nitrogens is 1. The van der Waals surface area contributed by atoms with E-state index in [-0.39, 0.29) is 11.9 Å². The van der Waals surface area contributed by atoms with Crippen LogP contribution in [0.15, 0.2) is 36.4 Å². The van der Waals surface area contributed by atoms with Gasteiger partial charge in [0.15, 0.2) is 0 Å². The molecule has 22 heavy (non-hydrogen) atoms. The molecule has 0 aliphatic carbocycles. The van der Waals surface area contributed by atoms with Gasteiger partial charge in [-0.1, -0.05) is 37.3 Å². The number of benzene rings is 1. The van der Waals surface area contributed by atoms with E-state index in [1.54, 1.807) is 0 Å². The standard InChI is InChI=1S/C17H21N3OS/c1-12-10-15(19-18-12)11-16(21)20-8-9-22-13(2)17(20)14-6-4-3-5-7-14/h3-7,10,13,17H,8-9,11H2,1-2H3,(H,18,19)/t13-,17-/m0/s1. The zero-order chi connectivity index (χ0) is 15.5. The minimum Gasteiger partial charge on any atom is -0.333 e. The Morgan fingerprint density at radius 1 is 1.41 bits per heavy atom. The predicted molar refractivity (Wildman–Crippen MR) is 89.8 cm³/mol. The summed E-state index contributed by atoms with van der Waals surface area (Å²) in [6.07, 6.45) is 0.366. The molecule has 0 bridgehead atoms. The monoisotopic (exact) mass is 315 g/mol. The van der Waals surface area contributed by atoms with Gasteiger partial charge in [-0.25, -0.2) is 0 Å². The molecular weight excluding hydrogens is 294 g/mol. The first-order valence-corrected chi connectivity index (χ1v) is 8.67. The van der Waals surface area contributed by atoms with Gasteiger partial charge in [0.05, 0.1) is 18.2 Å². The number of aromatic amines is 1. The van der Waals surface area contributed by atoms with Crippen molar-refractivity contribution in [1.82, 2.24) is 15.1 Å². The number of hydrogen-bond acceptors (Lipinski definition) is 3. The van der Waals surface area contributed by atoms with Crippen LogP contribution in [-0.2, 0) is 11.2 Å². The van der Waals surface area contributed by atoms with Crippen LogP contribution >= 0.6 is 11.8 Å². The molecule has 5 heteroatoms. The number of aromatic nitrogens is 2. The minimum absolute atomic E-state index is 0.146. The lowest BCUT2D eigenvalue weighted by Gasteiger charge is -2.40. The smallest absolute Gasteiger partial charge is 0.229 e. The van der Waals surface area contributed by atoms with Gasteiger partial charge in [0.2, 0.25) is 5.91 Å². The van der Waals surface area contributed by atoms with Crippen molar-refractivity contribution in [3.05, 3.63) is 53.3 Å². The van der Waals surface area contributed by atoms with E-state index in [1.165, 1.54) is 5.56 Å². The van der Waals surface area contributed by atoms with E-state index in [0.29, 0.717) is 11.7 Å². The zero-order valence-corrected chi connectivity index (χ0v) is 13.8. The molecule has 3 rings (SSSR count). The molecule has 4 nitrogen and oxygen atoms in total. The molecule has 1 aromatic carbocycles. The number of nitrogens with zero attached hydrogens (tertiary/aromatic N) is 2. The van der Waals surface area contributed by atoms with Crippen molar-refractivity contribution < 1.29 is 4.79 Å². The van der Waals surface area contributed by atoms with E-state index >= 15 is 0 Å². The Kier molecular flexibility index (Phi) is 4.52. The molecule has 1 fully saturated rings. The zero-order valence-electron chi connectivity index (χ0n) is 13.0. The second-order valence-corrected chi connectivity index (χ2v) is 7.22. The lowest BCUT2D eigenvalue weighted by atomic mass is 10.0. The highest BCUT2D eigenvalue weighted by molar-refractivity contribution is 8.00. The van der Waals surface area contributed by atoms with Crippen LogP contribution in [0, 0.1) is 6.92 Å². The Morgan fingerprint density at radius 2 is 2.18 bits per heavy atom. The molecule has 1 amide bonds. The third-order valence-electron chi connectivity index (χ3n) is 4.05. The number of hydrogen-bond donors (Lipinski definition) is 1. The van der Waals surface area contributed by atoms with Crippen molar-refractivity contribution >= 4 is 17.7 Å². The van der Waals surface area contributed by atoms with Gasteiger partial charge in [-0.3, -0.25) is 9.89 Å². The first-order chi connectivity index (χ1) is 10.6. The Morgan fingerprint density at radius 3 is 2.86 bits per heavy atom. The molecule has 0 unspecified atom stereocenters. The van der Waals surface area contributed by atoms with Crippen LogP contribution in [-0.4, -0.2) is 38.6 Å². The van der Waals surface area contributed by atoms with Gasteiger partial charge >= 0.3 is 0 Å². The number of amides is 1. The maximum Gasteiger partial charge on any atom is 0.229 e. The van der Waals surface area contributed by atoms with Crippen LogP contribution in [0.25, 0.3) is 0 Å². The van der Waals surface area contributed by atoms with Crippen LogP contribution in [0.5, 0.6) is 0 Å². The number of rotatable bonds is 3. The van der Waals surface area contributed by atoms with E-state index in [0.717, 1.165) is 23.7 Å². The first kappa shape index (κ1) is 15.2. The quantitative estimate of drug-likeness (QED) is 0.947. The van der Waals surface area contributed by atoms with Crippen LogP contribution in [0.3, 0.4) is 0 Å². The van der Waals surface area contributed by atoms with Crippen molar-refractivity contribution in [2.24, 2.45) is 0 Å². The van der Waals surface area contributed by atoms with Crippen LogP contribution in [0.1, 0.15) is 29.9 Å². The van der Waals surface area contributed by atoms with Crippen LogP contribution in [0.4, 0.5) is 0 Å². The highest BCUT2D eigenvalue weighted by atomic mass is 32.2. The van der Waals surface area contributed by atoms with Crippen LogP contribution < -0.4 is 0 Å². The largest absolute Gasteiger partial charge is 0.333 e. The molecule has 1 aliphatic heterocycles.